The summed E-state index contributed by atoms with van der Waals surface area (Å²) in [6.45, 7) is 13.1. The largest absolute Gasteiger partial charge is 0.264 e. The fourth-order valence-corrected chi connectivity index (χ4v) is 1.94. The zero-order valence-corrected chi connectivity index (χ0v) is 10.3. The van der Waals surface area contributed by atoms with Crippen molar-refractivity contribution in [3.8, 4) is 0 Å². The summed E-state index contributed by atoms with van der Waals surface area (Å²) in [4.78, 5) is 0. The van der Waals surface area contributed by atoms with Gasteiger partial charge in [0.05, 0.1) is 11.2 Å². The average Bonchev–Trinajstić information content (AvgIpc) is 2.31. The van der Waals surface area contributed by atoms with Crippen molar-refractivity contribution in [2.45, 2.75) is 59.9 Å². The SMILES string of the molecule is CCCc1c(C)nn(C(C)(C)C)c1C. The van der Waals surface area contributed by atoms with Gasteiger partial charge in [-0.3, -0.25) is 4.68 Å². The molecule has 0 bridgehead atoms. The van der Waals surface area contributed by atoms with Gasteiger partial charge >= 0.3 is 0 Å². The average molecular weight is 194 g/mol. The minimum atomic E-state index is 0.0981. The second-order valence-electron chi connectivity index (χ2n) is 4.98. The molecule has 1 rings (SSSR count). The third-order valence-corrected chi connectivity index (χ3v) is 2.58. The summed E-state index contributed by atoms with van der Waals surface area (Å²) in [6, 6.07) is 0. The van der Waals surface area contributed by atoms with E-state index in [1.54, 1.807) is 0 Å². The molecule has 0 aliphatic rings. The quantitative estimate of drug-likeness (QED) is 0.707. The number of aryl methyl sites for hydroxylation is 1. The lowest BCUT2D eigenvalue weighted by molar-refractivity contribution is 0.346. The topological polar surface area (TPSA) is 17.8 Å². The maximum absolute atomic E-state index is 4.62. The molecule has 1 heterocycles. The van der Waals surface area contributed by atoms with E-state index in [0.29, 0.717) is 0 Å². The molecular weight excluding hydrogens is 172 g/mol. The van der Waals surface area contributed by atoms with Gasteiger partial charge in [0.25, 0.3) is 0 Å². The van der Waals surface area contributed by atoms with Gasteiger partial charge in [-0.25, -0.2) is 0 Å². The Morgan fingerprint density at radius 2 is 1.79 bits per heavy atom. The van der Waals surface area contributed by atoms with Gasteiger partial charge in [-0.1, -0.05) is 13.3 Å². The van der Waals surface area contributed by atoms with Gasteiger partial charge in [-0.15, -0.1) is 0 Å². The zero-order chi connectivity index (χ0) is 10.9. The predicted molar refractivity (Wildman–Crippen MR) is 60.7 cm³/mol. The lowest BCUT2D eigenvalue weighted by Crippen LogP contribution is -2.24. The highest BCUT2D eigenvalue weighted by atomic mass is 15.3. The Balaban J connectivity index is 3.17. The van der Waals surface area contributed by atoms with E-state index in [1.165, 1.54) is 23.4 Å². The first-order valence-corrected chi connectivity index (χ1v) is 5.43. The summed E-state index contributed by atoms with van der Waals surface area (Å²) in [7, 11) is 0. The standard InChI is InChI=1S/C12H22N2/c1-7-8-11-9(2)13-14(10(11)3)12(4,5)6/h7-8H2,1-6H3. The Hall–Kier alpha value is -0.790. The van der Waals surface area contributed by atoms with Gasteiger partial charge in [0, 0.05) is 5.69 Å². The van der Waals surface area contributed by atoms with Crippen LogP contribution in [-0.4, -0.2) is 9.78 Å². The Morgan fingerprint density at radius 3 is 2.14 bits per heavy atom. The number of hydrogen-bond acceptors (Lipinski definition) is 1. The third-order valence-electron chi connectivity index (χ3n) is 2.58. The highest BCUT2D eigenvalue weighted by Gasteiger charge is 2.19. The minimum Gasteiger partial charge on any atom is -0.264 e. The molecule has 0 aliphatic heterocycles. The molecule has 14 heavy (non-hydrogen) atoms. The van der Waals surface area contributed by atoms with Crippen LogP contribution in [-0.2, 0) is 12.0 Å². The van der Waals surface area contributed by atoms with E-state index >= 15 is 0 Å². The van der Waals surface area contributed by atoms with Crippen LogP contribution in [0.4, 0.5) is 0 Å². The Morgan fingerprint density at radius 1 is 1.21 bits per heavy atom. The van der Waals surface area contributed by atoms with Gasteiger partial charge in [0.15, 0.2) is 0 Å². The molecule has 0 radical (unpaired) electrons. The summed E-state index contributed by atoms with van der Waals surface area (Å²) in [5, 5.41) is 4.62. The highest BCUT2D eigenvalue weighted by molar-refractivity contribution is 5.25. The van der Waals surface area contributed by atoms with Crippen molar-refractivity contribution in [2.24, 2.45) is 0 Å². The normalized spacial score (nSPS) is 12.1. The smallest absolute Gasteiger partial charge is 0.0628 e. The van der Waals surface area contributed by atoms with E-state index < -0.39 is 0 Å². The van der Waals surface area contributed by atoms with E-state index in [4.69, 9.17) is 0 Å². The van der Waals surface area contributed by atoms with Crippen molar-refractivity contribution >= 4 is 0 Å². The summed E-state index contributed by atoms with van der Waals surface area (Å²) >= 11 is 0. The molecule has 0 saturated carbocycles. The first-order chi connectivity index (χ1) is 6.38. The number of hydrogen-bond donors (Lipinski definition) is 0. The van der Waals surface area contributed by atoms with Gasteiger partial charge in [-0.05, 0) is 46.6 Å². The fourth-order valence-electron chi connectivity index (χ4n) is 1.94. The Kier molecular flexibility index (Phi) is 3.03. The Labute approximate surface area is 87.3 Å². The molecule has 0 N–H and O–H groups in total. The first-order valence-electron chi connectivity index (χ1n) is 5.43. The maximum atomic E-state index is 4.62. The van der Waals surface area contributed by atoms with Crippen molar-refractivity contribution in [3.05, 3.63) is 17.0 Å². The van der Waals surface area contributed by atoms with E-state index in [1.807, 2.05) is 0 Å². The van der Waals surface area contributed by atoms with Crippen LogP contribution < -0.4 is 0 Å². The van der Waals surface area contributed by atoms with Crippen LogP contribution in [0.1, 0.15) is 51.1 Å². The number of nitrogens with zero attached hydrogens (tertiary/aromatic N) is 2. The third kappa shape index (κ3) is 1.99. The second kappa shape index (κ2) is 3.76. The lowest BCUT2D eigenvalue weighted by Gasteiger charge is -2.21. The molecule has 0 aliphatic carbocycles. The van der Waals surface area contributed by atoms with Gasteiger partial charge in [-0.2, -0.15) is 5.10 Å². The molecule has 1 aromatic heterocycles. The zero-order valence-electron chi connectivity index (χ0n) is 10.3. The second-order valence-corrected chi connectivity index (χ2v) is 4.98. The van der Waals surface area contributed by atoms with Crippen molar-refractivity contribution in [1.82, 2.24) is 9.78 Å². The van der Waals surface area contributed by atoms with Crippen LogP contribution in [0.2, 0.25) is 0 Å². The molecule has 0 amide bonds. The summed E-state index contributed by atoms with van der Waals surface area (Å²) in [5.74, 6) is 0. The van der Waals surface area contributed by atoms with Crippen LogP contribution in [0.25, 0.3) is 0 Å². The molecule has 0 unspecified atom stereocenters. The minimum absolute atomic E-state index is 0.0981. The van der Waals surface area contributed by atoms with Crippen LogP contribution in [0.5, 0.6) is 0 Å². The highest BCUT2D eigenvalue weighted by Crippen LogP contribution is 2.22. The maximum Gasteiger partial charge on any atom is 0.0628 e. The summed E-state index contributed by atoms with van der Waals surface area (Å²) in [6.07, 6.45) is 2.34. The van der Waals surface area contributed by atoms with Crippen molar-refractivity contribution in [1.29, 1.82) is 0 Å². The van der Waals surface area contributed by atoms with Crippen LogP contribution in [0.3, 0.4) is 0 Å². The predicted octanol–water partition coefficient (Wildman–Crippen LogP) is 3.21. The molecule has 0 aromatic carbocycles. The van der Waals surface area contributed by atoms with Gasteiger partial charge < -0.3 is 0 Å². The first kappa shape index (κ1) is 11.3. The van der Waals surface area contributed by atoms with Crippen LogP contribution >= 0.6 is 0 Å². The van der Waals surface area contributed by atoms with Crippen molar-refractivity contribution < 1.29 is 0 Å². The molecule has 0 atom stereocenters. The monoisotopic (exact) mass is 194 g/mol. The molecule has 0 fully saturated rings. The van der Waals surface area contributed by atoms with E-state index in [2.05, 4.69) is 51.3 Å². The van der Waals surface area contributed by atoms with E-state index in [9.17, 15) is 0 Å². The van der Waals surface area contributed by atoms with Gasteiger partial charge in [0.1, 0.15) is 0 Å². The fraction of sp³-hybridized carbons (Fsp3) is 0.750. The van der Waals surface area contributed by atoms with Crippen LogP contribution in [0.15, 0.2) is 0 Å². The molecule has 2 heteroatoms. The van der Waals surface area contributed by atoms with E-state index in [-0.39, 0.29) is 5.54 Å². The molecule has 1 aromatic rings. The lowest BCUT2D eigenvalue weighted by atomic mass is 10.1. The summed E-state index contributed by atoms with van der Waals surface area (Å²) < 4.78 is 2.15. The van der Waals surface area contributed by atoms with Gasteiger partial charge in [0.2, 0.25) is 0 Å². The Bertz CT molecular complexity index is 316. The van der Waals surface area contributed by atoms with Crippen LogP contribution in [0, 0.1) is 13.8 Å². The number of rotatable bonds is 2. The van der Waals surface area contributed by atoms with Crippen molar-refractivity contribution in [2.75, 3.05) is 0 Å². The molecule has 2 nitrogen and oxygen atoms in total. The molecule has 0 saturated heterocycles. The molecular formula is C12H22N2. The van der Waals surface area contributed by atoms with Crippen molar-refractivity contribution in [3.63, 3.8) is 0 Å². The number of aromatic nitrogens is 2. The summed E-state index contributed by atoms with van der Waals surface area (Å²) in [5.41, 5.74) is 4.06. The molecule has 80 valence electrons. The van der Waals surface area contributed by atoms with E-state index in [0.717, 1.165) is 6.42 Å². The molecule has 0 spiro atoms.